The van der Waals surface area contributed by atoms with E-state index in [1.54, 1.807) is 0 Å². The van der Waals surface area contributed by atoms with Crippen LogP contribution in [0.25, 0.3) is 0 Å². The van der Waals surface area contributed by atoms with E-state index in [1.165, 1.54) is 11.1 Å². The lowest BCUT2D eigenvalue weighted by Gasteiger charge is -2.33. The number of hydrogen-bond acceptors (Lipinski definition) is 3. The summed E-state index contributed by atoms with van der Waals surface area (Å²) in [6, 6.07) is 8.83. The number of fused-ring (bicyclic) bond motifs is 1. The molecule has 1 amide bonds. The van der Waals surface area contributed by atoms with E-state index in [0.29, 0.717) is 6.04 Å². The van der Waals surface area contributed by atoms with Crippen LogP contribution in [0.15, 0.2) is 24.3 Å². The standard InChI is InChI=1S/C16H25N3O/c1-4-18-16(3,15(17)20)9-12(2)19-10-13-7-5-6-8-14(13)11-19/h5-8,12,18H,4,9-11H2,1-3H3,(H2,17,20). The van der Waals surface area contributed by atoms with Gasteiger partial charge in [-0.2, -0.15) is 0 Å². The molecule has 0 saturated carbocycles. The van der Waals surface area contributed by atoms with Gasteiger partial charge in [0, 0.05) is 19.1 Å². The Morgan fingerprint density at radius 2 is 1.95 bits per heavy atom. The summed E-state index contributed by atoms with van der Waals surface area (Å²) in [6.45, 7) is 8.73. The molecule has 2 rings (SSSR count). The fourth-order valence-electron chi connectivity index (χ4n) is 3.04. The highest BCUT2D eigenvalue weighted by atomic mass is 16.1. The summed E-state index contributed by atoms with van der Waals surface area (Å²) in [5.41, 5.74) is 7.72. The highest BCUT2D eigenvalue weighted by Gasteiger charge is 2.34. The summed E-state index contributed by atoms with van der Waals surface area (Å²) in [5.74, 6) is -0.275. The zero-order valence-corrected chi connectivity index (χ0v) is 12.6. The lowest BCUT2D eigenvalue weighted by atomic mass is 9.92. The molecule has 0 spiro atoms. The number of nitrogens with zero attached hydrogens (tertiary/aromatic N) is 1. The van der Waals surface area contributed by atoms with E-state index < -0.39 is 5.54 Å². The average molecular weight is 275 g/mol. The Kier molecular flexibility index (Phi) is 4.45. The molecule has 1 aliphatic rings. The number of carbonyl (C=O) groups excluding carboxylic acids is 1. The molecule has 0 bridgehead atoms. The van der Waals surface area contributed by atoms with Gasteiger partial charge in [-0.25, -0.2) is 0 Å². The summed E-state index contributed by atoms with van der Waals surface area (Å²) in [6.07, 6.45) is 0.726. The summed E-state index contributed by atoms with van der Waals surface area (Å²) >= 11 is 0. The first-order chi connectivity index (χ1) is 9.46. The first-order valence-electron chi connectivity index (χ1n) is 7.32. The second-order valence-corrected chi connectivity index (χ2v) is 5.95. The van der Waals surface area contributed by atoms with Crippen LogP contribution in [-0.4, -0.2) is 28.9 Å². The van der Waals surface area contributed by atoms with Crippen LogP contribution in [0.4, 0.5) is 0 Å². The van der Waals surface area contributed by atoms with Crippen LogP contribution in [0.5, 0.6) is 0 Å². The molecule has 0 fully saturated rings. The number of primary amides is 1. The Labute approximate surface area is 121 Å². The first-order valence-corrected chi connectivity index (χ1v) is 7.32. The Morgan fingerprint density at radius 1 is 1.40 bits per heavy atom. The number of carbonyl (C=O) groups is 1. The zero-order chi connectivity index (χ0) is 14.8. The van der Waals surface area contributed by atoms with Gasteiger partial charge >= 0.3 is 0 Å². The average Bonchev–Trinajstić information content (AvgIpc) is 2.82. The van der Waals surface area contributed by atoms with Gasteiger partial charge in [-0.1, -0.05) is 31.2 Å². The quantitative estimate of drug-likeness (QED) is 0.829. The van der Waals surface area contributed by atoms with Crippen molar-refractivity contribution in [2.45, 2.75) is 51.9 Å². The zero-order valence-electron chi connectivity index (χ0n) is 12.6. The van der Waals surface area contributed by atoms with Crippen molar-refractivity contribution < 1.29 is 4.79 Å². The molecule has 0 aliphatic carbocycles. The third-order valence-electron chi connectivity index (χ3n) is 4.30. The van der Waals surface area contributed by atoms with Gasteiger partial charge in [0.2, 0.25) is 5.91 Å². The van der Waals surface area contributed by atoms with Gasteiger partial charge < -0.3 is 11.1 Å². The molecule has 4 heteroatoms. The van der Waals surface area contributed by atoms with Crippen LogP contribution >= 0.6 is 0 Å². The van der Waals surface area contributed by atoms with Crippen LogP contribution in [0.1, 0.15) is 38.3 Å². The molecule has 0 aromatic heterocycles. The van der Waals surface area contributed by atoms with Gasteiger partial charge in [-0.05, 0) is 37.9 Å². The molecule has 1 aromatic rings. The molecular formula is C16H25N3O. The molecule has 0 saturated heterocycles. The van der Waals surface area contributed by atoms with Crippen molar-refractivity contribution in [3.05, 3.63) is 35.4 Å². The molecular weight excluding hydrogens is 250 g/mol. The summed E-state index contributed by atoms with van der Waals surface area (Å²) < 4.78 is 0. The lowest BCUT2D eigenvalue weighted by molar-refractivity contribution is -0.124. The Hall–Kier alpha value is -1.39. The van der Waals surface area contributed by atoms with E-state index in [4.69, 9.17) is 5.73 Å². The molecule has 3 N–H and O–H groups in total. The van der Waals surface area contributed by atoms with Crippen molar-refractivity contribution in [2.24, 2.45) is 5.73 Å². The fourth-order valence-corrected chi connectivity index (χ4v) is 3.04. The van der Waals surface area contributed by atoms with Crippen LogP contribution in [0.2, 0.25) is 0 Å². The van der Waals surface area contributed by atoms with Crippen LogP contribution < -0.4 is 11.1 Å². The van der Waals surface area contributed by atoms with E-state index in [-0.39, 0.29) is 5.91 Å². The van der Waals surface area contributed by atoms with E-state index in [0.717, 1.165) is 26.1 Å². The normalized spacial score (nSPS) is 19.4. The van der Waals surface area contributed by atoms with Crippen LogP contribution in [-0.2, 0) is 17.9 Å². The number of likely N-dealkylation sites (N-methyl/N-ethyl adjacent to an activating group) is 1. The maximum Gasteiger partial charge on any atom is 0.237 e. The number of nitrogens with two attached hydrogens (primary N) is 1. The predicted octanol–water partition coefficient (Wildman–Crippen LogP) is 1.63. The Morgan fingerprint density at radius 3 is 2.40 bits per heavy atom. The number of rotatable bonds is 6. The molecule has 1 heterocycles. The van der Waals surface area contributed by atoms with Crippen LogP contribution in [0, 0.1) is 0 Å². The monoisotopic (exact) mass is 275 g/mol. The largest absolute Gasteiger partial charge is 0.368 e. The van der Waals surface area contributed by atoms with E-state index in [9.17, 15) is 4.79 Å². The van der Waals surface area contributed by atoms with E-state index >= 15 is 0 Å². The molecule has 1 aliphatic heterocycles. The summed E-state index contributed by atoms with van der Waals surface area (Å²) in [4.78, 5) is 14.1. The summed E-state index contributed by atoms with van der Waals surface area (Å²) in [7, 11) is 0. The Bertz CT molecular complexity index is 463. The first kappa shape index (κ1) is 15.0. The lowest BCUT2D eigenvalue weighted by Crippen LogP contribution is -2.55. The molecule has 4 nitrogen and oxygen atoms in total. The highest BCUT2D eigenvalue weighted by molar-refractivity contribution is 5.84. The maximum absolute atomic E-state index is 11.7. The molecule has 2 unspecified atom stereocenters. The van der Waals surface area contributed by atoms with Crippen molar-refractivity contribution in [3.8, 4) is 0 Å². The number of amides is 1. The predicted molar refractivity (Wildman–Crippen MR) is 81.0 cm³/mol. The van der Waals surface area contributed by atoms with E-state index in [2.05, 4.69) is 41.4 Å². The van der Waals surface area contributed by atoms with Gasteiger partial charge in [-0.15, -0.1) is 0 Å². The van der Waals surface area contributed by atoms with Gasteiger partial charge in [-0.3, -0.25) is 9.69 Å². The molecule has 1 aromatic carbocycles. The smallest absolute Gasteiger partial charge is 0.237 e. The molecule has 0 radical (unpaired) electrons. The Balaban J connectivity index is 2.03. The minimum absolute atomic E-state index is 0.275. The van der Waals surface area contributed by atoms with Crippen molar-refractivity contribution >= 4 is 5.91 Å². The van der Waals surface area contributed by atoms with Crippen LogP contribution in [0.3, 0.4) is 0 Å². The van der Waals surface area contributed by atoms with Gasteiger partial charge in [0.15, 0.2) is 0 Å². The highest BCUT2D eigenvalue weighted by Crippen LogP contribution is 2.27. The van der Waals surface area contributed by atoms with Gasteiger partial charge in [0.1, 0.15) is 0 Å². The van der Waals surface area contributed by atoms with Crippen molar-refractivity contribution in [1.29, 1.82) is 0 Å². The van der Waals surface area contributed by atoms with Gasteiger partial charge in [0.05, 0.1) is 5.54 Å². The second kappa shape index (κ2) is 5.94. The third kappa shape index (κ3) is 3.02. The fraction of sp³-hybridized carbons (Fsp3) is 0.562. The number of nitrogens with one attached hydrogen (secondary N) is 1. The molecule has 110 valence electrons. The second-order valence-electron chi connectivity index (χ2n) is 5.95. The van der Waals surface area contributed by atoms with E-state index in [1.807, 2.05) is 13.8 Å². The number of benzene rings is 1. The maximum atomic E-state index is 11.7. The SMILES string of the molecule is CCNC(C)(CC(C)N1Cc2ccccc2C1)C(N)=O. The molecule has 20 heavy (non-hydrogen) atoms. The molecule has 2 atom stereocenters. The topological polar surface area (TPSA) is 58.4 Å². The van der Waals surface area contributed by atoms with Gasteiger partial charge in [0.25, 0.3) is 0 Å². The van der Waals surface area contributed by atoms with Crippen molar-refractivity contribution in [3.63, 3.8) is 0 Å². The van der Waals surface area contributed by atoms with Crippen molar-refractivity contribution in [2.75, 3.05) is 6.54 Å². The summed E-state index contributed by atoms with van der Waals surface area (Å²) in [5, 5.41) is 3.23. The minimum Gasteiger partial charge on any atom is -0.368 e. The number of hydrogen-bond donors (Lipinski definition) is 2. The minimum atomic E-state index is -0.636. The third-order valence-corrected chi connectivity index (χ3v) is 4.30. The van der Waals surface area contributed by atoms with Crippen molar-refractivity contribution in [1.82, 2.24) is 10.2 Å².